The van der Waals surface area contributed by atoms with Gasteiger partial charge < -0.3 is 10.4 Å². The van der Waals surface area contributed by atoms with Crippen LogP contribution in [0.3, 0.4) is 0 Å². The van der Waals surface area contributed by atoms with E-state index in [2.05, 4.69) is 5.32 Å². The summed E-state index contributed by atoms with van der Waals surface area (Å²) < 4.78 is 0.548. The molecule has 2 N–H and O–H groups in total. The third kappa shape index (κ3) is 3.82. The lowest BCUT2D eigenvalue weighted by Gasteiger charge is -2.06. The molecule has 104 valence electrons. The third-order valence-electron chi connectivity index (χ3n) is 2.61. The summed E-state index contributed by atoms with van der Waals surface area (Å²) in [5.41, 5.74) is 0.337. The van der Waals surface area contributed by atoms with Crippen molar-refractivity contribution in [3.63, 3.8) is 0 Å². The number of phenolic OH excluding ortho intramolecular Hbond substituents is 1. The zero-order valence-corrected chi connectivity index (χ0v) is 12.0. The van der Waals surface area contributed by atoms with Crippen LogP contribution in [0, 0.1) is 0 Å². The molecule has 20 heavy (non-hydrogen) atoms. The number of rotatable bonds is 5. The summed E-state index contributed by atoms with van der Waals surface area (Å²) in [5.74, 6) is -0.436. The number of amides is 1. The number of benzene rings is 1. The molecule has 1 aromatic heterocycles. The van der Waals surface area contributed by atoms with Crippen LogP contribution < -0.4 is 5.32 Å². The van der Waals surface area contributed by atoms with Gasteiger partial charge in [0.25, 0.3) is 0 Å². The Morgan fingerprint density at radius 2 is 1.90 bits per heavy atom. The van der Waals surface area contributed by atoms with Crippen LogP contribution in [0.25, 0.3) is 0 Å². The second kappa shape index (κ2) is 6.54. The predicted octanol–water partition coefficient (Wildman–Crippen LogP) is 3.71. The number of thiophene rings is 1. The number of para-hydroxylation sites is 2. The lowest BCUT2D eigenvalue weighted by molar-refractivity contribution is -0.116. The number of hydrogen-bond acceptors (Lipinski definition) is 4. The van der Waals surface area contributed by atoms with Crippen LogP contribution in [0.2, 0.25) is 4.34 Å². The lowest BCUT2D eigenvalue weighted by Crippen LogP contribution is -2.13. The van der Waals surface area contributed by atoms with Crippen LogP contribution in [0.1, 0.15) is 22.5 Å². The first-order valence-electron chi connectivity index (χ1n) is 5.92. The normalized spacial score (nSPS) is 10.2. The first-order chi connectivity index (χ1) is 9.56. The summed E-state index contributed by atoms with van der Waals surface area (Å²) in [5, 5.41) is 12.1. The summed E-state index contributed by atoms with van der Waals surface area (Å²) in [7, 11) is 0. The number of Topliss-reactive ketones (excluding diaryl/α,β-unsaturated/α-hetero) is 1. The van der Waals surface area contributed by atoms with Gasteiger partial charge in [0, 0.05) is 12.8 Å². The van der Waals surface area contributed by atoms with Gasteiger partial charge in [0.15, 0.2) is 5.78 Å². The molecule has 0 aliphatic carbocycles. The van der Waals surface area contributed by atoms with Gasteiger partial charge in [-0.05, 0) is 24.3 Å². The molecule has 0 atom stereocenters. The highest BCUT2D eigenvalue weighted by Crippen LogP contribution is 2.24. The highest BCUT2D eigenvalue weighted by atomic mass is 35.5. The molecular formula is C14H12ClNO3S. The molecule has 0 unspecified atom stereocenters. The van der Waals surface area contributed by atoms with Gasteiger partial charge in [-0.25, -0.2) is 0 Å². The maximum atomic E-state index is 11.8. The Bertz CT molecular complexity index is 639. The maximum Gasteiger partial charge on any atom is 0.224 e. The van der Waals surface area contributed by atoms with E-state index < -0.39 is 0 Å². The Morgan fingerprint density at radius 3 is 2.55 bits per heavy atom. The average Bonchev–Trinajstić information content (AvgIpc) is 2.85. The number of carbonyl (C=O) groups excluding carboxylic acids is 2. The van der Waals surface area contributed by atoms with Gasteiger partial charge in [-0.3, -0.25) is 9.59 Å². The molecule has 0 fully saturated rings. The quantitative estimate of drug-likeness (QED) is 0.653. The second-order valence-electron chi connectivity index (χ2n) is 4.09. The summed E-state index contributed by atoms with van der Waals surface area (Å²) in [6.45, 7) is 0. The van der Waals surface area contributed by atoms with E-state index in [0.29, 0.717) is 14.9 Å². The summed E-state index contributed by atoms with van der Waals surface area (Å²) in [6.07, 6.45) is 0.166. The molecule has 6 heteroatoms. The molecule has 1 aromatic carbocycles. The molecule has 0 saturated heterocycles. The van der Waals surface area contributed by atoms with Crippen LogP contribution in [0.15, 0.2) is 36.4 Å². The van der Waals surface area contributed by atoms with E-state index in [1.165, 1.54) is 17.4 Å². The Hall–Kier alpha value is -1.85. The molecule has 1 amide bonds. The number of ketones is 1. The molecule has 0 aliphatic rings. The van der Waals surface area contributed by atoms with Crippen molar-refractivity contribution >= 4 is 40.3 Å². The molecule has 2 rings (SSSR count). The first-order valence-corrected chi connectivity index (χ1v) is 7.12. The number of phenols is 1. The van der Waals surface area contributed by atoms with E-state index in [9.17, 15) is 14.7 Å². The molecule has 0 aliphatic heterocycles. The minimum atomic E-state index is -0.317. The van der Waals surface area contributed by atoms with Crippen LogP contribution >= 0.6 is 22.9 Å². The fourth-order valence-electron chi connectivity index (χ4n) is 1.61. The Morgan fingerprint density at radius 1 is 1.15 bits per heavy atom. The predicted molar refractivity (Wildman–Crippen MR) is 79.6 cm³/mol. The van der Waals surface area contributed by atoms with Crippen LogP contribution in [0.4, 0.5) is 5.69 Å². The highest BCUT2D eigenvalue weighted by Gasteiger charge is 2.12. The van der Waals surface area contributed by atoms with Crippen molar-refractivity contribution in [1.29, 1.82) is 0 Å². The van der Waals surface area contributed by atoms with E-state index in [-0.39, 0.29) is 30.3 Å². The highest BCUT2D eigenvalue weighted by molar-refractivity contribution is 7.18. The van der Waals surface area contributed by atoms with Gasteiger partial charge in [0.05, 0.1) is 14.9 Å². The maximum absolute atomic E-state index is 11.8. The molecule has 1 heterocycles. The Labute approximate surface area is 125 Å². The largest absolute Gasteiger partial charge is 0.506 e. The summed E-state index contributed by atoms with van der Waals surface area (Å²) >= 11 is 6.95. The number of nitrogens with one attached hydrogen (secondary N) is 1. The molecular weight excluding hydrogens is 298 g/mol. The molecule has 0 bridgehead atoms. The Balaban J connectivity index is 1.87. The number of carbonyl (C=O) groups is 2. The van der Waals surface area contributed by atoms with Gasteiger partial charge >= 0.3 is 0 Å². The summed E-state index contributed by atoms with van der Waals surface area (Å²) in [6, 6.07) is 9.74. The van der Waals surface area contributed by atoms with Gasteiger partial charge in [-0.15, -0.1) is 11.3 Å². The zero-order chi connectivity index (χ0) is 14.5. The van der Waals surface area contributed by atoms with Gasteiger partial charge in [-0.2, -0.15) is 0 Å². The minimum Gasteiger partial charge on any atom is -0.506 e. The topological polar surface area (TPSA) is 66.4 Å². The van der Waals surface area contributed by atoms with E-state index in [0.717, 1.165) is 0 Å². The number of aromatic hydroxyl groups is 1. The zero-order valence-electron chi connectivity index (χ0n) is 10.4. The fraction of sp³-hybridized carbons (Fsp3) is 0.143. The summed E-state index contributed by atoms with van der Waals surface area (Å²) in [4.78, 5) is 24.1. The average molecular weight is 310 g/mol. The van der Waals surface area contributed by atoms with E-state index in [4.69, 9.17) is 11.6 Å². The van der Waals surface area contributed by atoms with Crippen molar-refractivity contribution in [3.8, 4) is 5.75 Å². The van der Waals surface area contributed by atoms with Crippen LogP contribution in [-0.4, -0.2) is 16.8 Å². The van der Waals surface area contributed by atoms with Crippen molar-refractivity contribution in [2.24, 2.45) is 0 Å². The van der Waals surface area contributed by atoms with E-state index in [1.807, 2.05) is 0 Å². The van der Waals surface area contributed by atoms with Crippen molar-refractivity contribution in [3.05, 3.63) is 45.6 Å². The second-order valence-corrected chi connectivity index (χ2v) is 5.81. The number of halogens is 1. The van der Waals surface area contributed by atoms with Crippen molar-refractivity contribution in [1.82, 2.24) is 0 Å². The Kier molecular flexibility index (Phi) is 4.76. The van der Waals surface area contributed by atoms with Crippen molar-refractivity contribution in [2.75, 3.05) is 5.32 Å². The number of hydrogen-bond donors (Lipinski definition) is 2. The van der Waals surface area contributed by atoms with Gasteiger partial charge in [0.2, 0.25) is 5.91 Å². The number of anilines is 1. The van der Waals surface area contributed by atoms with Crippen LogP contribution in [-0.2, 0) is 4.79 Å². The van der Waals surface area contributed by atoms with Crippen molar-refractivity contribution in [2.45, 2.75) is 12.8 Å². The van der Waals surface area contributed by atoms with Gasteiger partial charge in [0.1, 0.15) is 5.75 Å². The molecule has 4 nitrogen and oxygen atoms in total. The van der Waals surface area contributed by atoms with Crippen molar-refractivity contribution < 1.29 is 14.7 Å². The lowest BCUT2D eigenvalue weighted by atomic mass is 10.2. The molecule has 0 saturated carbocycles. The fourth-order valence-corrected chi connectivity index (χ4v) is 2.62. The van der Waals surface area contributed by atoms with Crippen LogP contribution in [0.5, 0.6) is 5.75 Å². The standard InChI is InChI=1S/C14H12ClNO3S/c15-13-7-6-12(20-13)11(18)5-8-14(19)16-9-3-1-2-4-10(9)17/h1-4,6-7,17H,5,8H2,(H,16,19). The molecule has 0 spiro atoms. The van der Waals surface area contributed by atoms with E-state index in [1.54, 1.807) is 30.3 Å². The SMILES string of the molecule is O=C(CCC(=O)c1ccc(Cl)s1)Nc1ccccc1O. The third-order valence-corrected chi connectivity index (χ3v) is 3.88. The van der Waals surface area contributed by atoms with E-state index >= 15 is 0 Å². The minimum absolute atomic E-state index is 0.00258. The monoisotopic (exact) mass is 309 g/mol. The smallest absolute Gasteiger partial charge is 0.224 e. The molecule has 0 radical (unpaired) electrons. The van der Waals surface area contributed by atoms with Gasteiger partial charge in [-0.1, -0.05) is 23.7 Å². The molecule has 2 aromatic rings. The first kappa shape index (κ1) is 14.6.